The lowest BCUT2D eigenvalue weighted by atomic mass is 10.4. The summed E-state index contributed by atoms with van der Waals surface area (Å²) in [5.74, 6) is 1.54. The standard InChI is InChI=1S/C8H14N4O2S3/c1-17(13,14)7-5-15-3-2-12(7)4-6-8(9)16-11-10-6/h7H,2-5,9H2,1H3. The maximum Gasteiger partial charge on any atom is 0.164 e. The predicted molar refractivity (Wildman–Crippen MR) is 70.7 cm³/mol. The Balaban J connectivity index is 2.15. The lowest BCUT2D eigenvalue weighted by Gasteiger charge is -2.33. The smallest absolute Gasteiger partial charge is 0.164 e. The summed E-state index contributed by atoms with van der Waals surface area (Å²) >= 11 is 2.80. The quantitative estimate of drug-likeness (QED) is 0.842. The van der Waals surface area contributed by atoms with Crippen LogP contribution in [0.5, 0.6) is 0 Å². The van der Waals surface area contributed by atoms with Crippen LogP contribution in [0.15, 0.2) is 0 Å². The van der Waals surface area contributed by atoms with Crippen molar-refractivity contribution in [3.8, 4) is 0 Å². The van der Waals surface area contributed by atoms with Gasteiger partial charge in [0.15, 0.2) is 9.84 Å². The van der Waals surface area contributed by atoms with Crippen molar-refractivity contribution in [3.05, 3.63) is 5.69 Å². The van der Waals surface area contributed by atoms with Crippen LogP contribution >= 0.6 is 23.3 Å². The number of nitrogens with two attached hydrogens (primary N) is 1. The maximum absolute atomic E-state index is 11.7. The molecule has 1 aromatic rings. The fourth-order valence-corrected chi connectivity index (χ4v) is 5.09. The Morgan fingerprint density at radius 3 is 2.94 bits per heavy atom. The van der Waals surface area contributed by atoms with Crippen molar-refractivity contribution in [2.75, 3.05) is 30.0 Å². The SMILES string of the molecule is CS(=O)(=O)C1CSCCN1Cc1nnsc1N. The van der Waals surface area contributed by atoms with Gasteiger partial charge in [-0.05, 0) is 0 Å². The van der Waals surface area contributed by atoms with Crippen molar-refractivity contribution in [1.82, 2.24) is 14.5 Å². The number of anilines is 1. The number of aromatic nitrogens is 2. The minimum atomic E-state index is -3.07. The van der Waals surface area contributed by atoms with Crippen molar-refractivity contribution >= 4 is 38.1 Å². The first-order valence-electron chi connectivity index (χ1n) is 5.06. The summed E-state index contributed by atoms with van der Waals surface area (Å²) in [6.45, 7) is 1.19. The molecule has 9 heteroatoms. The third-order valence-corrected chi connectivity index (χ3v) is 5.91. The number of nitrogens with zero attached hydrogens (tertiary/aromatic N) is 3. The number of sulfone groups is 1. The van der Waals surface area contributed by atoms with Crippen molar-refractivity contribution in [1.29, 1.82) is 0 Å². The molecule has 17 heavy (non-hydrogen) atoms. The Kier molecular flexibility index (Phi) is 3.91. The van der Waals surface area contributed by atoms with Gasteiger partial charge in [0.1, 0.15) is 16.1 Å². The van der Waals surface area contributed by atoms with Crippen LogP contribution in [-0.4, -0.2) is 52.6 Å². The normalized spacial score (nSPS) is 22.8. The second kappa shape index (κ2) is 5.09. The molecule has 0 amide bonds. The Bertz CT molecular complexity index is 487. The Hall–Kier alpha value is -0.380. The number of nitrogen functional groups attached to an aromatic ring is 1. The molecule has 0 radical (unpaired) electrons. The molecule has 1 aliphatic heterocycles. The highest BCUT2D eigenvalue weighted by Gasteiger charge is 2.31. The van der Waals surface area contributed by atoms with Crippen LogP contribution in [-0.2, 0) is 16.4 Å². The van der Waals surface area contributed by atoms with Gasteiger partial charge in [0.2, 0.25) is 0 Å². The summed E-state index contributed by atoms with van der Waals surface area (Å²) in [5.41, 5.74) is 6.40. The van der Waals surface area contributed by atoms with Gasteiger partial charge in [-0.2, -0.15) is 11.8 Å². The largest absolute Gasteiger partial charge is 0.388 e. The molecule has 0 spiro atoms. The monoisotopic (exact) mass is 294 g/mol. The van der Waals surface area contributed by atoms with E-state index in [0.29, 0.717) is 23.0 Å². The summed E-state index contributed by atoms with van der Waals surface area (Å²) < 4.78 is 27.1. The summed E-state index contributed by atoms with van der Waals surface area (Å²) in [7, 11) is -3.07. The molecule has 1 unspecified atom stereocenters. The number of thioether (sulfide) groups is 1. The minimum Gasteiger partial charge on any atom is -0.388 e. The Morgan fingerprint density at radius 2 is 2.35 bits per heavy atom. The van der Waals surface area contributed by atoms with E-state index in [1.807, 2.05) is 4.90 Å². The van der Waals surface area contributed by atoms with Crippen molar-refractivity contribution in [2.24, 2.45) is 0 Å². The van der Waals surface area contributed by atoms with Crippen LogP contribution in [0.3, 0.4) is 0 Å². The lowest BCUT2D eigenvalue weighted by molar-refractivity contribution is 0.259. The number of hydrogen-bond donors (Lipinski definition) is 1. The van der Waals surface area contributed by atoms with E-state index in [-0.39, 0.29) is 0 Å². The molecule has 0 aliphatic carbocycles. The molecule has 2 N–H and O–H groups in total. The summed E-state index contributed by atoms with van der Waals surface area (Å²) in [6.07, 6.45) is 1.28. The average Bonchev–Trinajstić information content (AvgIpc) is 2.64. The van der Waals surface area contributed by atoms with Gasteiger partial charge in [-0.15, -0.1) is 5.10 Å². The fraction of sp³-hybridized carbons (Fsp3) is 0.750. The van der Waals surface area contributed by atoms with Crippen LogP contribution in [0.1, 0.15) is 5.69 Å². The first kappa shape index (κ1) is 13.1. The van der Waals surface area contributed by atoms with E-state index in [1.54, 1.807) is 11.8 Å². The zero-order chi connectivity index (χ0) is 12.5. The molecule has 1 aromatic heterocycles. The molecule has 1 atom stereocenters. The van der Waals surface area contributed by atoms with Gasteiger partial charge in [0.25, 0.3) is 0 Å². The topological polar surface area (TPSA) is 89.2 Å². The number of hydrogen-bond acceptors (Lipinski definition) is 8. The van der Waals surface area contributed by atoms with Gasteiger partial charge >= 0.3 is 0 Å². The first-order valence-corrected chi connectivity index (χ1v) is 8.94. The molecule has 1 saturated heterocycles. The highest BCUT2D eigenvalue weighted by Crippen LogP contribution is 2.24. The van der Waals surface area contributed by atoms with E-state index >= 15 is 0 Å². The molecule has 6 nitrogen and oxygen atoms in total. The van der Waals surface area contributed by atoms with E-state index < -0.39 is 15.2 Å². The molecule has 0 bridgehead atoms. The second-order valence-corrected chi connectivity index (χ2v) is 8.05. The first-order chi connectivity index (χ1) is 7.98. The Morgan fingerprint density at radius 1 is 1.59 bits per heavy atom. The van der Waals surface area contributed by atoms with Gasteiger partial charge < -0.3 is 5.73 Å². The third-order valence-electron chi connectivity index (χ3n) is 2.62. The molecule has 0 aromatic carbocycles. The maximum atomic E-state index is 11.7. The second-order valence-electron chi connectivity index (χ2n) is 3.91. The highest BCUT2D eigenvalue weighted by atomic mass is 32.2. The summed E-state index contributed by atoms with van der Waals surface area (Å²) in [6, 6.07) is 0. The van der Waals surface area contributed by atoms with Gasteiger partial charge in [0, 0.05) is 42.4 Å². The van der Waals surface area contributed by atoms with Gasteiger partial charge in [0.05, 0.1) is 0 Å². The predicted octanol–water partition coefficient (Wildman–Crippen LogP) is 0.0398. The van der Waals surface area contributed by atoms with Crippen LogP contribution in [0.25, 0.3) is 0 Å². The van der Waals surface area contributed by atoms with Crippen molar-refractivity contribution < 1.29 is 8.42 Å². The molecule has 1 aliphatic rings. The third kappa shape index (κ3) is 3.09. The summed E-state index contributed by atoms with van der Waals surface area (Å²) in [5, 5.41) is 4.05. The minimum absolute atomic E-state index is 0.442. The van der Waals surface area contributed by atoms with Gasteiger partial charge in [-0.1, -0.05) is 4.49 Å². The number of rotatable bonds is 3. The molecule has 96 valence electrons. The zero-order valence-electron chi connectivity index (χ0n) is 9.37. The van der Waals surface area contributed by atoms with E-state index in [4.69, 9.17) is 5.73 Å². The molecular formula is C8H14N4O2S3. The zero-order valence-corrected chi connectivity index (χ0v) is 11.8. The average molecular weight is 294 g/mol. The molecule has 0 saturated carbocycles. The van der Waals surface area contributed by atoms with Crippen LogP contribution in [0.2, 0.25) is 0 Å². The highest BCUT2D eigenvalue weighted by molar-refractivity contribution is 8.00. The fourth-order valence-electron chi connectivity index (χ4n) is 1.71. The van der Waals surface area contributed by atoms with E-state index in [1.165, 1.54) is 6.26 Å². The van der Waals surface area contributed by atoms with Gasteiger partial charge in [-0.3, -0.25) is 4.90 Å². The summed E-state index contributed by atoms with van der Waals surface area (Å²) in [4.78, 5) is 1.92. The Labute approximate surface area is 109 Å². The molecule has 2 rings (SSSR count). The van der Waals surface area contributed by atoms with E-state index in [2.05, 4.69) is 9.59 Å². The lowest BCUT2D eigenvalue weighted by Crippen LogP contribution is -2.46. The molecular weight excluding hydrogens is 280 g/mol. The van der Waals surface area contributed by atoms with Crippen molar-refractivity contribution in [2.45, 2.75) is 11.9 Å². The van der Waals surface area contributed by atoms with Gasteiger partial charge in [-0.25, -0.2) is 8.42 Å². The van der Waals surface area contributed by atoms with Crippen molar-refractivity contribution in [3.63, 3.8) is 0 Å². The molecule has 1 fully saturated rings. The van der Waals surface area contributed by atoms with Crippen LogP contribution in [0.4, 0.5) is 5.00 Å². The van der Waals surface area contributed by atoms with E-state index in [0.717, 1.165) is 23.8 Å². The van der Waals surface area contributed by atoms with Crippen LogP contribution < -0.4 is 5.73 Å². The molecule has 2 heterocycles. The van der Waals surface area contributed by atoms with E-state index in [9.17, 15) is 8.42 Å². The van der Waals surface area contributed by atoms with Crippen LogP contribution in [0, 0.1) is 0 Å².